The molecular weight excluding hydrogens is 614 g/mol. The maximum Gasteiger partial charge on any atom is 0.224 e. The predicted octanol–water partition coefficient (Wildman–Crippen LogP) is 10.2. The quantitative estimate of drug-likeness (QED) is 0.111. The Balaban J connectivity index is 1.46. The molecule has 4 aromatic carbocycles. The number of thiophene rings is 1. The fourth-order valence-electron chi connectivity index (χ4n) is 7.43. The van der Waals surface area contributed by atoms with Crippen LogP contribution < -0.4 is 20.5 Å². The van der Waals surface area contributed by atoms with Crippen molar-refractivity contribution >= 4 is 61.6 Å². The summed E-state index contributed by atoms with van der Waals surface area (Å²) in [6.45, 7) is 11.7. The number of aryl methyl sites for hydroxylation is 1. The normalized spacial score (nSPS) is 13.8. The highest BCUT2D eigenvalue weighted by molar-refractivity contribution is 8.25. The van der Waals surface area contributed by atoms with E-state index in [2.05, 4.69) is 147 Å². The second-order valence-electron chi connectivity index (χ2n) is 12.4. The molecule has 4 heteroatoms. The number of benzene rings is 4. The first-order valence-electron chi connectivity index (χ1n) is 16.6. The molecule has 46 heavy (non-hydrogen) atoms. The third-order valence-electron chi connectivity index (χ3n) is 10.0. The van der Waals surface area contributed by atoms with Crippen molar-refractivity contribution in [1.82, 2.24) is 0 Å². The molecule has 2 aromatic heterocycles. The molecule has 0 fully saturated rings. The zero-order valence-corrected chi connectivity index (χ0v) is 29.5. The molecule has 7 rings (SSSR count). The minimum Gasteiger partial charge on any atom is -0.181 e. The fraction of sp³-hybridized carbons (Fsp3) is 0.214. The lowest BCUT2D eigenvalue weighted by Gasteiger charge is -2.35. The van der Waals surface area contributed by atoms with E-state index in [0.717, 1.165) is 19.3 Å². The standard InChI is InChI=1S/C42H41NPS2/c1-5-8-16-31-23-25-32(26-24-31)40-29-36-30(4)42(6-2,7-3)43-37-21-15-22-39(35(37)27-28-38(43)41(36)46-40)44(45,33-17-11-9-12-18-33)34-19-13-10-14-20-34/h9-15,17-29H,4-8,16H2,1-3H3/q+1. The number of nitrogens with zero attached hydrogens (tertiary/aromatic N) is 1. The van der Waals surface area contributed by atoms with Gasteiger partial charge in [-0.15, -0.1) is 11.3 Å². The Labute approximate surface area is 283 Å². The molecule has 0 unspecified atom stereocenters. The number of hydrogen-bond acceptors (Lipinski definition) is 2. The second-order valence-corrected chi connectivity index (χ2v) is 17.8. The van der Waals surface area contributed by atoms with Crippen LogP contribution in [-0.4, -0.2) is 0 Å². The topological polar surface area (TPSA) is 3.88 Å². The van der Waals surface area contributed by atoms with Crippen molar-refractivity contribution < 1.29 is 4.57 Å². The number of hydrogen-bond donors (Lipinski definition) is 0. The van der Waals surface area contributed by atoms with Crippen molar-refractivity contribution in [3.05, 3.63) is 139 Å². The summed E-state index contributed by atoms with van der Waals surface area (Å²) in [7, 11) is 0. The van der Waals surface area contributed by atoms with Gasteiger partial charge >= 0.3 is 0 Å². The summed E-state index contributed by atoms with van der Waals surface area (Å²) in [4.78, 5) is 2.62. The molecule has 1 nitrogen and oxygen atoms in total. The van der Waals surface area contributed by atoms with Crippen LogP contribution in [0.15, 0.2) is 128 Å². The summed E-state index contributed by atoms with van der Waals surface area (Å²) < 4.78 is 2.63. The van der Waals surface area contributed by atoms with Crippen LogP contribution in [-0.2, 0) is 23.8 Å². The van der Waals surface area contributed by atoms with Crippen molar-refractivity contribution in [2.75, 3.05) is 0 Å². The molecule has 0 radical (unpaired) electrons. The lowest BCUT2D eigenvalue weighted by atomic mass is 9.77. The number of pyridine rings is 1. The van der Waals surface area contributed by atoms with Crippen LogP contribution in [0.1, 0.15) is 57.6 Å². The zero-order chi connectivity index (χ0) is 31.9. The summed E-state index contributed by atoms with van der Waals surface area (Å²) >= 11 is 8.76. The van der Waals surface area contributed by atoms with Gasteiger partial charge in [-0.3, -0.25) is 0 Å². The van der Waals surface area contributed by atoms with Crippen molar-refractivity contribution in [1.29, 1.82) is 0 Å². The van der Waals surface area contributed by atoms with E-state index < -0.39 is 6.04 Å². The van der Waals surface area contributed by atoms with Gasteiger partial charge in [-0.2, -0.15) is 4.57 Å². The Morgan fingerprint density at radius 1 is 0.761 bits per heavy atom. The maximum atomic E-state index is 6.86. The van der Waals surface area contributed by atoms with Crippen LogP contribution in [0.25, 0.3) is 37.5 Å². The van der Waals surface area contributed by atoms with Crippen LogP contribution in [0.3, 0.4) is 0 Å². The Bertz CT molecular complexity index is 2040. The van der Waals surface area contributed by atoms with E-state index in [1.165, 1.54) is 77.4 Å². The Hall–Kier alpha value is -3.62. The van der Waals surface area contributed by atoms with Crippen molar-refractivity contribution in [3.8, 4) is 21.0 Å². The molecule has 6 aromatic rings. The van der Waals surface area contributed by atoms with Crippen LogP contribution in [0.5, 0.6) is 0 Å². The van der Waals surface area contributed by atoms with Crippen LogP contribution >= 0.6 is 17.4 Å². The van der Waals surface area contributed by atoms with E-state index in [1.807, 2.05) is 11.3 Å². The van der Waals surface area contributed by atoms with Gasteiger partial charge in [0.25, 0.3) is 0 Å². The van der Waals surface area contributed by atoms with E-state index in [9.17, 15) is 0 Å². The van der Waals surface area contributed by atoms with E-state index in [-0.39, 0.29) is 5.54 Å². The van der Waals surface area contributed by atoms with E-state index in [4.69, 9.17) is 18.4 Å². The van der Waals surface area contributed by atoms with Gasteiger partial charge < -0.3 is 0 Å². The second kappa shape index (κ2) is 12.5. The molecule has 1 aliphatic heterocycles. The molecular formula is C42H41NPS2+. The Morgan fingerprint density at radius 2 is 1.41 bits per heavy atom. The zero-order valence-electron chi connectivity index (χ0n) is 27.0. The fourth-order valence-corrected chi connectivity index (χ4v) is 12.7. The molecule has 0 amide bonds. The highest BCUT2D eigenvalue weighted by atomic mass is 32.4. The first-order chi connectivity index (χ1) is 22.5. The lowest BCUT2D eigenvalue weighted by Crippen LogP contribution is -2.59. The molecule has 0 atom stereocenters. The van der Waals surface area contributed by atoms with E-state index in [0.29, 0.717) is 0 Å². The number of aromatic nitrogens is 1. The average molecular weight is 655 g/mol. The van der Waals surface area contributed by atoms with Crippen LogP contribution in [0, 0.1) is 0 Å². The largest absolute Gasteiger partial charge is 0.224 e. The molecule has 0 N–H and O–H groups in total. The minimum absolute atomic E-state index is 0.231. The summed E-state index contributed by atoms with van der Waals surface area (Å²) in [5.74, 6) is 0. The lowest BCUT2D eigenvalue weighted by molar-refractivity contribution is -0.717. The smallest absolute Gasteiger partial charge is 0.181 e. The predicted molar refractivity (Wildman–Crippen MR) is 205 cm³/mol. The first-order valence-corrected chi connectivity index (χ1v) is 20.2. The summed E-state index contributed by atoms with van der Waals surface area (Å²) in [6, 6.07) is 42.3. The van der Waals surface area contributed by atoms with Crippen LogP contribution in [0.4, 0.5) is 0 Å². The molecule has 3 heterocycles. The van der Waals surface area contributed by atoms with Crippen molar-refractivity contribution in [2.24, 2.45) is 0 Å². The first kappa shape index (κ1) is 31.0. The SMILES string of the molecule is C=C1c2cc(-c3ccc(CCCC)cc3)sc2-c2ccc3c(P(=S)(c4ccccc4)c4ccccc4)cccc3[n+]2C1(CC)CC. The van der Waals surface area contributed by atoms with Gasteiger partial charge in [-0.25, -0.2) is 0 Å². The van der Waals surface area contributed by atoms with Gasteiger partial charge in [0.15, 0.2) is 5.54 Å². The van der Waals surface area contributed by atoms with Gasteiger partial charge in [0, 0.05) is 52.3 Å². The molecule has 0 saturated heterocycles. The number of allylic oxidation sites excluding steroid dienone is 1. The summed E-state index contributed by atoms with van der Waals surface area (Å²) in [5.41, 5.74) is 7.50. The molecule has 230 valence electrons. The van der Waals surface area contributed by atoms with Gasteiger partial charge in [0.05, 0.1) is 5.39 Å². The van der Waals surface area contributed by atoms with E-state index in [1.54, 1.807) is 0 Å². The van der Waals surface area contributed by atoms with Gasteiger partial charge in [-0.1, -0.05) is 143 Å². The van der Waals surface area contributed by atoms with E-state index >= 15 is 0 Å². The number of unbranched alkanes of at least 4 members (excludes halogenated alkanes) is 1. The average Bonchev–Trinajstić information content (AvgIpc) is 3.57. The maximum absolute atomic E-state index is 6.86. The Kier molecular flexibility index (Phi) is 8.45. The monoisotopic (exact) mass is 654 g/mol. The third kappa shape index (κ3) is 4.87. The summed E-state index contributed by atoms with van der Waals surface area (Å²) in [6.07, 6.45) is 5.53. The van der Waals surface area contributed by atoms with Gasteiger partial charge in [0.1, 0.15) is 4.88 Å². The highest BCUT2D eigenvalue weighted by Crippen LogP contribution is 2.51. The third-order valence-corrected chi connectivity index (χ3v) is 16.2. The van der Waals surface area contributed by atoms with Crippen molar-refractivity contribution in [2.45, 2.75) is 58.4 Å². The Morgan fingerprint density at radius 3 is 2.02 bits per heavy atom. The molecule has 1 aliphatic rings. The van der Waals surface area contributed by atoms with Crippen LogP contribution in [0.2, 0.25) is 0 Å². The van der Waals surface area contributed by atoms with Crippen molar-refractivity contribution in [3.63, 3.8) is 0 Å². The molecule has 0 saturated carbocycles. The molecule has 0 spiro atoms. The molecule has 0 aliphatic carbocycles. The number of fused-ring (bicyclic) bond motifs is 5. The summed E-state index contributed by atoms with van der Waals surface area (Å²) in [5, 5.41) is 4.93. The highest BCUT2D eigenvalue weighted by Gasteiger charge is 2.49. The minimum atomic E-state index is -2.35. The number of rotatable bonds is 9. The van der Waals surface area contributed by atoms with Gasteiger partial charge in [0.2, 0.25) is 11.2 Å². The molecule has 0 bridgehead atoms. The van der Waals surface area contributed by atoms with Gasteiger partial charge in [-0.05, 0) is 46.7 Å².